The highest BCUT2D eigenvalue weighted by Gasteiger charge is 2.20. The molecule has 1 unspecified atom stereocenters. The highest BCUT2D eigenvalue weighted by atomic mass is 35.5. The monoisotopic (exact) mass is 366 g/mol. The van der Waals surface area contributed by atoms with E-state index in [1.165, 1.54) is 7.11 Å². The molecule has 134 valence electrons. The van der Waals surface area contributed by atoms with Crippen molar-refractivity contribution in [3.05, 3.63) is 41.4 Å². The minimum absolute atomic E-state index is 0.0687. The molecule has 1 aromatic heterocycles. The maximum atomic E-state index is 11.9. The van der Waals surface area contributed by atoms with E-state index in [1.54, 1.807) is 12.3 Å². The molecule has 2 aromatic rings. The summed E-state index contributed by atoms with van der Waals surface area (Å²) < 4.78 is 10.4. The third-order valence-corrected chi connectivity index (χ3v) is 3.83. The van der Waals surface area contributed by atoms with E-state index < -0.39 is 12.0 Å². The van der Waals surface area contributed by atoms with Gasteiger partial charge in [-0.25, -0.2) is 9.78 Å². The summed E-state index contributed by atoms with van der Waals surface area (Å²) in [7, 11) is 1.47. The van der Waals surface area contributed by atoms with Crippen molar-refractivity contribution >= 4 is 23.5 Å². The number of carboxylic acid groups (broad SMARTS) is 1. The number of rotatable bonds is 9. The Morgan fingerprint density at radius 2 is 2.16 bits per heavy atom. The molecule has 25 heavy (non-hydrogen) atoms. The zero-order valence-corrected chi connectivity index (χ0v) is 14.5. The lowest BCUT2D eigenvalue weighted by Crippen LogP contribution is -2.41. The van der Waals surface area contributed by atoms with Gasteiger partial charge in [0, 0.05) is 38.5 Å². The zero-order valence-electron chi connectivity index (χ0n) is 13.7. The minimum Gasteiger partial charge on any atom is -0.480 e. The van der Waals surface area contributed by atoms with Gasteiger partial charge in [-0.3, -0.25) is 4.79 Å². The molecule has 0 saturated carbocycles. The summed E-state index contributed by atoms with van der Waals surface area (Å²) in [6.45, 7) is 0.248. The van der Waals surface area contributed by atoms with Crippen LogP contribution in [0.2, 0.25) is 5.02 Å². The molecule has 1 atom stereocenters. The first-order valence-corrected chi connectivity index (χ1v) is 8.09. The summed E-state index contributed by atoms with van der Waals surface area (Å²) in [6, 6.07) is 6.24. The smallest absolute Gasteiger partial charge is 0.326 e. The number of carbonyl (C=O) groups is 2. The molecule has 0 saturated heterocycles. The number of aryl methyl sites for hydroxylation is 1. The van der Waals surface area contributed by atoms with Crippen molar-refractivity contribution in [1.82, 2.24) is 10.3 Å². The predicted octanol–water partition coefficient (Wildman–Crippen LogP) is 2.53. The molecule has 0 aliphatic carbocycles. The zero-order chi connectivity index (χ0) is 18.2. The lowest BCUT2D eigenvalue weighted by Gasteiger charge is -2.13. The summed E-state index contributed by atoms with van der Waals surface area (Å²) in [6.07, 6.45) is 2.08. The summed E-state index contributed by atoms with van der Waals surface area (Å²) in [4.78, 5) is 27.1. The number of aromatic nitrogens is 1. The Balaban J connectivity index is 1.90. The van der Waals surface area contributed by atoms with Crippen molar-refractivity contribution in [2.45, 2.75) is 25.3 Å². The number of carboxylic acids is 1. The van der Waals surface area contributed by atoms with Crippen molar-refractivity contribution in [1.29, 1.82) is 0 Å². The first kappa shape index (κ1) is 19.0. The molecule has 0 fully saturated rings. The normalized spacial score (nSPS) is 11.9. The van der Waals surface area contributed by atoms with Gasteiger partial charge >= 0.3 is 5.97 Å². The van der Waals surface area contributed by atoms with E-state index in [0.717, 1.165) is 5.56 Å². The van der Waals surface area contributed by atoms with Gasteiger partial charge in [0.1, 0.15) is 6.04 Å². The minimum atomic E-state index is -1.09. The van der Waals surface area contributed by atoms with Crippen LogP contribution in [0.4, 0.5) is 0 Å². The van der Waals surface area contributed by atoms with Crippen LogP contribution in [0.3, 0.4) is 0 Å². The maximum absolute atomic E-state index is 11.9. The predicted molar refractivity (Wildman–Crippen MR) is 91.3 cm³/mol. The Labute approximate surface area is 150 Å². The van der Waals surface area contributed by atoms with Gasteiger partial charge in [0.15, 0.2) is 11.7 Å². The van der Waals surface area contributed by atoms with Crippen LogP contribution < -0.4 is 5.32 Å². The highest BCUT2D eigenvalue weighted by Crippen LogP contribution is 2.28. The quantitative estimate of drug-likeness (QED) is 0.707. The molecule has 0 aliphatic rings. The van der Waals surface area contributed by atoms with E-state index in [1.807, 2.05) is 18.2 Å². The molecule has 2 rings (SSSR count). The number of benzene rings is 1. The molecule has 1 aromatic carbocycles. The van der Waals surface area contributed by atoms with Gasteiger partial charge in [0.25, 0.3) is 0 Å². The number of carbonyl (C=O) groups excluding carboxylic acids is 1. The Hall–Kier alpha value is -2.38. The van der Waals surface area contributed by atoms with E-state index in [0.29, 0.717) is 16.7 Å². The lowest BCUT2D eigenvalue weighted by molar-refractivity contribution is -0.142. The average Bonchev–Trinajstić information content (AvgIpc) is 3.05. The number of nitrogens with one attached hydrogen (secondary N) is 1. The first-order valence-electron chi connectivity index (χ1n) is 7.72. The SMILES string of the molecule is COCCC(NC(=O)CCc1ncc(-c2ccccc2Cl)o1)C(=O)O. The van der Waals surface area contributed by atoms with Gasteiger partial charge in [0.05, 0.1) is 11.2 Å². The largest absolute Gasteiger partial charge is 0.480 e. The van der Waals surface area contributed by atoms with Crippen molar-refractivity contribution in [2.75, 3.05) is 13.7 Å². The molecular weight excluding hydrogens is 348 g/mol. The molecule has 7 nitrogen and oxygen atoms in total. The number of oxazole rings is 1. The Kier molecular flexibility index (Phi) is 6.97. The van der Waals surface area contributed by atoms with Crippen LogP contribution in [0.25, 0.3) is 11.3 Å². The van der Waals surface area contributed by atoms with Crippen LogP contribution in [-0.2, 0) is 20.7 Å². The lowest BCUT2D eigenvalue weighted by atomic mass is 10.2. The number of halogens is 1. The van der Waals surface area contributed by atoms with Crippen LogP contribution in [-0.4, -0.2) is 41.7 Å². The van der Waals surface area contributed by atoms with Gasteiger partial charge in [-0.15, -0.1) is 0 Å². The average molecular weight is 367 g/mol. The summed E-state index contributed by atoms with van der Waals surface area (Å²) in [5.74, 6) is -0.582. The summed E-state index contributed by atoms with van der Waals surface area (Å²) in [5, 5.41) is 12.1. The van der Waals surface area contributed by atoms with E-state index in [-0.39, 0.29) is 31.8 Å². The topological polar surface area (TPSA) is 102 Å². The number of nitrogens with zero attached hydrogens (tertiary/aromatic N) is 1. The molecule has 2 N–H and O–H groups in total. The van der Waals surface area contributed by atoms with Crippen molar-refractivity contribution in [2.24, 2.45) is 0 Å². The van der Waals surface area contributed by atoms with Crippen molar-refractivity contribution < 1.29 is 23.8 Å². The van der Waals surface area contributed by atoms with E-state index in [9.17, 15) is 9.59 Å². The Morgan fingerprint density at radius 3 is 2.84 bits per heavy atom. The first-order chi connectivity index (χ1) is 12.0. The molecule has 0 spiro atoms. The van der Waals surface area contributed by atoms with Gasteiger partial charge in [0.2, 0.25) is 5.91 Å². The molecule has 0 aliphatic heterocycles. The van der Waals surface area contributed by atoms with E-state index in [2.05, 4.69) is 10.3 Å². The van der Waals surface area contributed by atoms with Gasteiger partial charge in [-0.2, -0.15) is 0 Å². The van der Waals surface area contributed by atoms with Crippen molar-refractivity contribution in [3.8, 4) is 11.3 Å². The fraction of sp³-hybridized carbons (Fsp3) is 0.353. The Bertz CT molecular complexity index is 731. The van der Waals surface area contributed by atoms with Crippen LogP contribution in [0.5, 0.6) is 0 Å². The fourth-order valence-corrected chi connectivity index (χ4v) is 2.42. The second-order valence-electron chi connectivity index (χ2n) is 5.34. The van der Waals surface area contributed by atoms with Crippen LogP contribution in [0.15, 0.2) is 34.9 Å². The van der Waals surface area contributed by atoms with E-state index in [4.69, 9.17) is 25.9 Å². The van der Waals surface area contributed by atoms with Gasteiger partial charge < -0.3 is 19.6 Å². The van der Waals surface area contributed by atoms with Gasteiger partial charge in [-0.05, 0) is 12.1 Å². The molecule has 1 amide bonds. The highest BCUT2D eigenvalue weighted by molar-refractivity contribution is 6.33. The Morgan fingerprint density at radius 1 is 1.40 bits per heavy atom. The standard InChI is InChI=1S/C17H19ClN2O5/c1-24-9-8-13(17(22)23)20-15(21)6-7-16-19-10-14(25-16)11-4-2-3-5-12(11)18/h2-5,10,13H,6-9H2,1H3,(H,20,21)(H,22,23). The summed E-state index contributed by atoms with van der Waals surface area (Å²) >= 11 is 6.11. The third kappa shape index (κ3) is 5.58. The van der Waals surface area contributed by atoms with Crippen LogP contribution >= 0.6 is 11.6 Å². The van der Waals surface area contributed by atoms with Crippen molar-refractivity contribution in [3.63, 3.8) is 0 Å². The van der Waals surface area contributed by atoms with Crippen LogP contribution in [0.1, 0.15) is 18.7 Å². The molecular formula is C17H19ClN2O5. The number of hydrogen-bond donors (Lipinski definition) is 2. The summed E-state index contributed by atoms with van der Waals surface area (Å²) in [5.41, 5.74) is 0.720. The van der Waals surface area contributed by atoms with E-state index >= 15 is 0 Å². The molecule has 0 bridgehead atoms. The maximum Gasteiger partial charge on any atom is 0.326 e. The fourth-order valence-electron chi connectivity index (χ4n) is 2.19. The number of amides is 1. The molecule has 8 heteroatoms. The number of aliphatic carboxylic acids is 1. The second-order valence-corrected chi connectivity index (χ2v) is 5.75. The number of hydrogen-bond acceptors (Lipinski definition) is 5. The molecule has 1 heterocycles. The third-order valence-electron chi connectivity index (χ3n) is 3.50. The van der Waals surface area contributed by atoms with Gasteiger partial charge in [-0.1, -0.05) is 23.7 Å². The second kappa shape index (κ2) is 9.19. The van der Waals surface area contributed by atoms with Crippen LogP contribution in [0, 0.1) is 0 Å². The number of ether oxygens (including phenoxy) is 1. The molecule has 0 radical (unpaired) electrons. The number of methoxy groups -OCH3 is 1.